The van der Waals surface area contributed by atoms with E-state index < -0.39 is 16.3 Å². The fraction of sp³-hybridized carbons (Fsp3) is 0.571. The Kier molecular flexibility index (Phi) is 3.89. The van der Waals surface area contributed by atoms with Gasteiger partial charge in [-0.1, -0.05) is 23.2 Å². The lowest BCUT2D eigenvalue weighted by Gasteiger charge is -2.27. The molecule has 0 saturated carbocycles. The minimum Gasteiger partial charge on any atom is -0.368 e. The van der Waals surface area contributed by atoms with Gasteiger partial charge in [0.25, 0.3) is 0 Å². The van der Waals surface area contributed by atoms with Gasteiger partial charge in [-0.3, -0.25) is 4.79 Å². The summed E-state index contributed by atoms with van der Waals surface area (Å²) in [4.78, 5) is 10.5. The summed E-state index contributed by atoms with van der Waals surface area (Å²) in [7, 11) is 0. The quantitative estimate of drug-likeness (QED) is 0.623. The highest BCUT2D eigenvalue weighted by molar-refractivity contribution is 6.63. The Morgan fingerprint density at radius 1 is 1.71 bits per heavy atom. The van der Waals surface area contributed by atoms with E-state index >= 15 is 0 Å². The van der Waals surface area contributed by atoms with Crippen LogP contribution in [0, 0.1) is 0 Å². The van der Waals surface area contributed by atoms with Crippen LogP contribution in [0.4, 0.5) is 0 Å². The van der Waals surface area contributed by atoms with Gasteiger partial charge in [0.2, 0.25) is 10.3 Å². The molecule has 0 amide bonds. The Bertz CT molecular complexity index is 301. The lowest BCUT2D eigenvalue weighted by molar-refractivity contribution is -0.111. The molecule has 0 bridgehead atoms. The summed E-state index contributed by atoms with van der Waals surface area (Å²) in [5.74, 6) is 0. The topological polar surface area (TPSA) is 62.0 Å². The van der Waals surface area contributed by atoms with Crippen molar-refractivity contribution in [1.29, 1.82) is 0 Å². The Hall–Kier alpha value is -0.160. The maximum atomic E-state index is 10.5. The minimum atomic E-state index is -1.78. The molecular formula is C7H7Cl3N2O2. The third kappa shape index (κ3) is 2.67. The molecular weight excluding hydrogens is 250 g/mol. The van der Waals surface area contributed by atoms with Crippen molar-refractivity contribution in [3.8, 4) is 0 Å². The van der Waals surface area contributed by atoms with E-state index in [1.807, 2.05) is 0 Å². The molecule has 0 aliphatic carbocycles. The first-order valence-electron chi connectivity index (χ1n) is 3.80. The van der Waals surface area contributed by atoms with Gasteiger partial charge in [-0.25, -0.2) is 0 Å². The van der Waals surface area contributed by atoms with Crippen LogP contribution >= 0.6 is 34.8 Å². The van der Waals surface area contributed by atoms with Crippen molar-refractivity contribution in [2.45, 2.75) is 23.9 Å². The highest BCUT2D eigenvalue weighted by atomic mass is 35.5. The Balaban J connectivity index is 2.67. The average Bonchev–Trinajstić information content (AvgIpc) is 2.07. The smallest absolute Gasteiger partial charge is 0.221 e. The zero-order valence-corrected chi connectivity index (χ0v) is 9.22. The minimum absolute atomic E-state index is 0.0128. The summed E-state index contributed by atoms with van der Waals surface area (Å²) >= 11 is 16.5. The van der Waals surface area contributed by atoms with Gasteiger partial charge < -0.3 is 5.11 Å². The van der Waals surface area contributed by atoms with Crippen LogP contribution in [0.1, 0.15) is 12.8 Å². The molecule has 0 fully saturated rings. The van der Waals surface area contributed by atoms with Crippen LogP contribution in [-0.2, 0) is 4.79 Å². The second kappa shape index (κ2) is 4.57. The number of rotatable bonds is 3. The Morgan fingerprint density at radius 2 is 2.36 bits per heavy atom. The Labute approximate surface area is 95.5 Å². The number of azo groups is 1. The number of aliphatic hydroxyl groups is 1. The molecule has 0 spiro atoms. The summed E-state index contributed by atoms with van der Waals surface area (Å²) in [6, 6.07) is -0.746. The van der Waals surface area contributed by atoms with Gasteiger partial charge in [0.1, 0.15) is 6.04 Å². The zero-order chi connectivity index (χ0) is 10.8. The molecule has 0 aromatic heterocycles. The Morgan fingerprint density at radius 3 is 2.93 bits per heavy atom. The maximum absolute atomic E-state index is 10.5. The number of carbonyl (C=O) groups is 1. The van der Waals surface area contributed by atoms with Crippen molar-refractivity contribution in [3.05, 3.63) is 11.2 Å². The SMILES string of the molecule is O=C(Cl)CCC1N=NC=C(Cl)C1(O)Cl. The molecule has 2 atom stereocenters. The number of alkyl halides is 1. The van der Waals surface area contributed by atoms with Crippen molar-refractivity contribution in [2.75, 3.05) is 0 Å². The maximum Gasteiger partial charge on any atom is 0.221 e. The van der Waals surface area contributed by atoms with Gasteiger partial charge in [0.05, 0.1) is 11.2 Å². The number of hydrogen-bond acceptors (Lipinski definition) is 4. The lowest BCUT2D eigenvalue weighted by atomic mass is 10.1. The molecule has 1 heterocycles. The molecule has 0 aromatic carbocycles. The third-order valence-electron chi connectivity index (χ3n) is 1.77. The van der Waals surface area contributed by atoms with Crippen LogP contribution in [0.5, 0.6) is 0 Å². The largest absolute Gasteiger partial charge is 0.368 e. The molecule has 0 aromatic rings. The van der Waals surface area contributed by atoms with Crippen LogP contribution in [0.15, 0.2) is 21.5 Å². The number of hydrogen-bond donors (Lipinski definition) is 1. The van der Waals surface area contributed by atoms with Gasteiger partial charge in [-0.2, -0.15) is 10.2 Å². The van der Waals surface area contributed by atoms with E-state index in [9.17, 15) is 9.90 Å². The van der Waals surface area contributed by atoms with Crippen LogP contribution in [0.2, 0.25) is 0 Å². The molecule has 0 saturated heterocycles. The first-order chi connectivity index (χ1) is 6.44. The van der Waals surface area contributed by atoms with Crippen molar-refractivity contribution in [2.24, 2.45) is 10.2 Å². The zero-order valence-electron chi connectivity index (χ0n) is 6.95. The molecule has 14 heavy (non-hydrogen) atoms. The molecule has 1 N–H and O–H groups in total. The molecule has 4 nitrogen and oxygen atoms in total. The first-order valence-corrected chi connectivity index (χ1v) is 4.93. The third-order valence-corrected chi connectivity index (χ3v) is 2.89. The molecule has 1 aliphatic heterocycles. The van der Waals surface area contributed by atoms with E-state index in [4.69, 9.17) is 34.8 Å². The van der Waals surface area contributed by atoms with E-state index in [0.717, 1.165) is 6.20 Å². The molecule has 7 heteroatoms. The van der Waals surface area contributed by atoms with Gasteiger partial charge in [0.15, 0.2) is 0 Å². The average molecular weight is 258 g/mol. The van der Waals surface area contributed by atoms with Gasteiger partial charge in [0, 0.05) is 6.42 Å². The van der Waals surface area contributed by atoms with Crippen LogP contribution < -0.4 is 0 Å². The summed E-state index contributed by atoms with van der Waals surface area (Å²) in [6.45, 7) is 0. The van der Waals surface area contributed by atoms with Crippen LogP contribution in [-0.4, -0.2) is 21.5 Å². The predicted molar refractivity (Wildman–Crippen MR) is 53.5 cm³/mol. The van der Waals surface area contributed by atoms with Gasteiger partial charge in [-0.15, -0.1) is 0 Å². The fourth-order valence-corrected chi connectivity index (χ4v) is 1.47. The lowest BCUT2D eigenvalue weighted by Crippen LogP contribution is -2.37. The summed E-state index contributed by atoms with van der Waals surface area (Å²) in [6.07, 6.45) is 1.42. The van der Waals surface area contributed by atoms with Gasteiger partial charge in [-0.05, 0) is 18.0 Å². The second-order valence-corrected chi connectivity index (χ2v) is 4.20. The number of nitrogens with zero attached hydrogens (tertiary/aromatic N) is 2. The van der Waals surface area contributed by atoms with E-state index in [1.165, 1.54) is 0 Å². The van der Waals surface area contributed by atoms with Crippen molar-refractivity contribution in [1.82, 2.24) is 0 Å². The first kappa shape index (κ1) is 11.9. The highest BCUT2D eigenvalue weighted by Crippen LogP contribution is 2.36. The number of halogens is 3. The van der Waals surface area contributed by atoms with E-state index in [2.05, 4.69) is 10.2 Å². The normalized spacial score (nSPS) is 31.4. The van der Waals surface area contributed by atoms with Crippen molar-refractivity contribution >= 4 is 40.0 Å². The summed E-state index contributed by atoms with van der Waals surface area (Å²) < 4.78 is 0. The van der Waals surface area contributed by atoms with Crippen LogP contribution in [0.3, 0.4) is 0 Å². The predicted octanol–water partition coefficient (Wildman–Crippen LogP) is 2.37. The fourth-order valence-electron chi connectivity index (χ4n) is 0.990. The van der Waals surface area contributed by atoms with Crippen LogP contribution in [0.25, 0.3) is 0 Å². The number of carbonyl (C=O) groups excluding carboxylic acids is 1. The van der Waals surface area contributed by atoms with E-state index in [0.29, 0.717) is 0 Å². The summed E-state index contributed by atoms with van der Waals surface area (Å²) in [5, 5.41) is 14.6. The van der Waals surface area contributed by atoms with E-state index in [1.54, 1.807) is 0 Å². The van der Waals surface area contributed by atoms with Crippen molar-refractivity contribution < 1.29 is 9.90 Å². The molecule has 2 unspecified atom stereocenters. The standard InChI is InChI=1S/C7H7Cl3N2O2/c8-4-3-11-12-5(7(4,10)14)1-2-6(9)13/h3,5,14H,1-2H2. The van der Waals surface area contributed by atoms with Gasteiger partial charge >= 0.3 is 0 Å². The summed E-state index contributed by atoms with van der Waals surface area (Å²) in [5.41, 5.74) is 0. The molecule has 1 rings (SSSR count). The molecule has 78 valence electrons. The van der Waals surface area contributed by atoms with E-state index in [-0.39, 0.29) is 17.9 Å². The molecule has 0 radical (unpaired) electrons. The monoisotopic (exact) mass is 256 g/mol. The second-order valence-electron chi connectivity index (χ2n) is 2.79. The highest BCUT2D eigenvalue weighted by Gasteiger charge is 2.40. The molecule has 1 aliphatic rings. The van der Waals surface area contributed by atoms with Crippen molar-refractivity contribution in [3.63, 3.8) is 0 Å².